The van der Waals surface area contributed by atoms with Crippen molar-refractivity contribution < 1.29 is 0 Å². The fourth-order valence-electron chi connectivity index (χ4n) is 3.50. The molecule has 0 radical (unpaired) electrons. The molecular formula is C12H23N. The minimum absolute atomic E-state index is 0.773. The molecule has 0 aromatic rings. The first-order chi connectivity index (χ1) is 6.22. The molecule has 2 atom stereocenters. The second kappa shape index (κ2) is 3.61. The van der Waals surface area contributed by atoms with Gasteiger partial charge in [0.05, 0.1) is 0 Å². The van der Waals surface area contributed by atoms with Crippen LogP contribution in [0.5, 0.6) is 0 Å². The fourth-order valence-corrected chi connectivity index (χ4v) is 3.50. The van der Waals surface area contributed by atoms with Crippen molar-refractivity contribution in [3.8, 4) is 0 Å². The van der Waals surface area contributed by atoms with E-state index in [1.165, 1.54) is 32.1 Å². The monoisotopic (exact) mass is 181 g/mol. The third kappa shape index (κ3) is 1.63. The van der Waals surface area contributed by atoms with Gasteiger partial charge in [-0.3, -0.25) is 4.90 Å². The number of hydrogen-bond acceptors (Lipinski definition) is 1. The Labute approximate surface area is 82.5 Å². The minimum atomic E-state index is 0.773. The molecule has 2 fully saturated rings. The Morgan fingerprint density at radius 2 is 1.69 bits per heavy atom. The number of nitrogens with zero attached hydrogens (tertiary/aromatic N) is 1. The van der Waals surface area contributed by atoms with E-state index in [9.17, 15) is 0 Å². The molecule has 0 saturated carbocycles. The van der Waals surface area contributed by atoms with Crippen LogP contribution in [-0.4, -0.2) is 23.0 Å². The second-order valence-electron chi connectivity index (χ2n) is 5.17. The molecule has 2 aliphatic rings. The molecule has 2 aliphatic heterocycles. The van der Waals surface area contributed by atoms with Gasteiger partial charge in [-0.25, -0.2) is 0 Å². The van der Waals surface area contributed by atoms with E-state index in [1.54, 1.807) is 0 Å². The van der Waals surface area contributed by atoms with Crippen molar-refractivity contribution in [2.24, 2.45) is 5.92 Å². The van der Waals surface area contributed by atoms with Crippen molar-refractivity contribution in [1.82, 2.24) is 4.90 Å². The van der Waals surface area contributed by atoms with Crippen LogP contribution in [0.15, 0.2) is 0 Å². The molecule has 0 amide bonds. The quantitative estimate of drug-likeness (QED) is 0.633. The van der Waals surface area contributed by atoms with Gasteiger partial charge in [-0.2, -0.15) is 0 Å². The summed E-state index contributed by atoms with van der Waals surface area (Å²) in [6, 6.07) is 2.64. The van der Waals surface area contributed by atoms with Crippen LogP contribution in [0.1, 0.15) is 52.9 Å². The largest absolute Gasteiger partial charge is 0.295 e. The lowest BCUT2D eigenvalue weighted by atomic mass is 9.88. The molecule has 2 unspecified atom stereocenters. The Hall–Kier alpha value is -0.0400. The van der Waals surface area contributed by atoms with Gasteiger partial charge in [-0.15, -0.1) is 0 Å². The van der Waals surface area contributed by atoms with Crippen LogP contribution < -0.4 is 0 Å². The summed E-state index contributed by atoms with van der Waals surface area (Å²) in [5, 5.41) is 0. The topological polar surface area (TPSA) is 3.24 Å². The summed E-state index contributed by atoms with van der Waals surface area (Å²) in [6.45, 7) is 7.07. The van der Waals surface area contributed by atoms with Crippen molar-refractivity contribution >= 4 is 0 Å². The molecule has 1 heteroatoms. The predicted octanol–water partition coefficient (Wildman–Crippen LogP) is 3.05. The minimum Gasteiger partial charge on any atom is -0.295 e. The summed E-state index contributed by atoms with van der Waals surface area (Å²) in [7, 11) is 0. The summed E-state index contributed by atoms with van der Waals surface area (Å²) in [5.41, 5.74) is 0. The highest BCUT2D eigenvalue weighted by Gasteiger charge is 2.40. The number of fused-ring (bicyclic) bond motifs is 2. The zero-order chi connectivity index (χ0) is 9.42. The zero-order valence-corrected chi connectivity index (χ0v) is 9.29. The molecule has 2 rings (SSSR count). The van der Waals surface area contributed by atoms with Gasteiger partial charge in [-0.1, -0.05) is 13.3 Å². The Balaban J connectivity index is 2.04. The van der Waals surface area contributed by atoms with E-state index < -0.39 is 0 Å². The van der Waals surface area contributed by atoms with Crippen LogP contribution >= 0.6 is 0 Å². The molecular weight excluding hydrogens is 158 g/mol. The van der Waals surface area contributed by atoms with Gasteiger partial charge in [0, 0.05) is 18.1 Å². The van der Waals surface area contributed by atoms with Gasteiger partial charge in [0.1, 0.15) is 0 Å². The molecule has 2 bridgehead atoms. The van der Waals surface area contributed by atoms with E-state index in [1.807, 2.05) is 0 Å². The molecule has 0 spiro atoms. The van der Waals surface area contributed by atoms with Crippen molar-refractivity contribution in [3.05, 3.63) is 0 Å². The average Bonchev–Trinajstić information content (AvgIpc) is 2.37. The summed E-state index contributed by atoms with van der Waals surface area (Å²) >= 11 is 0. The number of rotatable bonds is 2. The summed E-state index contributed by atoms with van der Waals surface area (Å²) < 4.78 is 0. The Morgan fingerprint density at radius 3 is 2.08 bits per heavy atom. The number of hydrogen-bond donors (Lipinski definition) is 0. The average molecular weight is 181 g/mol. The third-order valence-corrected chi connectivity index (χ3v) is 4.06. The van der Waals surface area contributed by atoms with Gasteiger partial charge in [-0.05, 0) is 45.4 Å². The van der Waals surface area contributed by atoms with Crippen molar-refractivity contribution in [1.29, 1.82) is 0 Å². The van der Waals surface area contributed by atoms with Gasteiger partial charge in [0.2, 0.25) is 0 Å². The van der Waals surface area contributed by atoms with Crippen LogP contribution in [0.25, 0.3) is 0 Å². The highest BCUT2D eigenvalue weighted by Crippen LogP contribution is 2.40. The normalized spacial score (nSPS) is 40.2. The maximum Gasteiger partial charge on any atom is 0.0104 e. The summed E-state index contributed by atoms with van der Waals surface area (Å²) in [5.74, 6) is 1.03. The van der Waals surface area contributed by atoms with Gasteiger partial charge >= 0.3 is 0 Å². The maximum absolute atomic E-state index is 2.78. The maximum atomic E-state index is 2.78. The molecule has 2 saturated heterocycles. The van der Waals surface area contributed by atoms with Gasteiger partial charge in [0.25, 0.3) is 0 Å². The van der Waals surface area contributed by atoms with Gasteiger partial charge in [0.15, 0.2) is 0 Å². The van der Waals surface area contributed by atoms with E-state index >= 15 is 0 Å². The van der Waals surface area contributed by atoms with Crippen LogP contribution in [0.2, 0.25) is 0 Å². The summed E-state index contributed by atoms with van der Waals surface area (Å²) in [4.78, 5) is 2.78. The van der Waals surface area contributed by atoms with E-state index in [-0.39, 0.29) is 0 Å². The molecule has 0 aromatic carbocycles. The molecule has 0 N–H and O–H groups in total. The Morgan fingerprint density at radius 1 is 1.15 bits per heavy atom. The lowest BCUT2D eigenvalue weighted by molar-refractivity contribution is 0.0723. The number of piperidine rings is 1. The van der Waals surface area contributed by atoms with Crippen LogP contribution in [0, 0.1) is 5.92 Å². The second-order valence-corrected chi connectivity index (χ2v) is 5.17. The van der Waals surface area contributed by atoms with E-state index in [2.05, 4.69) is 25.7 Å². The van der Waals surface area contributed by atoms with E-state index in [4.69, 9.17) is 0 Å². The standard InChI is InChI=1S/C12H23N/c1-4-10-7-11-5-6-12(8-10)13(11)9(2)3/h9-12H,4-8H2,1-3H3. The fraction of sp³-hybridized carbons (Fsp3) is 1.00. The third-order valence-electron chi connectivity index (χ3n) is 4.06. The summed E-state index contributed by atoms with van der Waals surface area (Å²) in [6.07, 6.45) is 7.30. The first-order valence-corrected chi connectivity index (χ1v) is 5.99. The van der Waals surface area contributed by atoms with Crippen molar-refractivity contribution in [2.75, 3.05) is 0 Å². The first-order valence-electron chi connectivity index (χ1n) is 5.99. The molecule has 0 aliphatic carbocycles. The van der Waals surface area contributed by atoms with Crippen LogP contribution in [0.3, 0.4) is 0 Å². The zero-order valence-electron chi connectivity index (χ0n) is 9.29. The Bertz CT molecular complexity index is 162. The van der Waals surface area contributed by atoms with Crippen molar-refractivity contribution in [2.45, 2.75) is 71.0 Å². The van der Waals surface area contributed by atoms with Gasteiger partial charge < -0.3 is 0 Å². The Kier molecular flexibility index (Phi) is 2.64. The van der Waals surface area contributed by atoms with Crippen LogP contribution in [0.4, 0.5) is 0 Å². The van der Waals surface area contributed by atoms with Crippen LogP contribution in [-0.2, 0) is 0 Å². The highest BCUT2D eigenvalue weighted by molar-refractivity contribution is 4.95. The highest BCUT2D eigenvalue weighted by atomic mass is 15.2. The predicted molar refractivity (Wildman–Crippen MR) is 56.8 cm³/mol. The van der Waals surface area contributed by atoms with E-state index in [0.29, 0.717) is 0 Å². The lowest BCUT2D eigenvalue weighted by Gasteiger charge is -2.41. The molecule has 1 nitrogen and oxygen atoms in total. The SMILES string of the molecule is CCC1CC2CCC(C1)N2C(C)C. The molecule has 2 heterocycles. The molecule has 13 heavy (non-hydrogen) atoms. The lowest BCUT2D eigenvalue weighted by Crippen LogP contribution is -2.46. The van der Waals surface area contributed by atoms with E-state index in [0.717, 1.165) is 24.0 Å². The molecule has 0 aromatic heterocycles. The van der Waals surface area contributed by atoms with Crippen molar-refractivity contribution in [3.63, 3.8) is 0 Å². The first kappa shape index (κ1) is 9.51. The smallest absolute Gasteiger partial charge is 0.0104 e. The molecule has 76 valence electrons.